The average Bonchev–Trinajstić information content (AvgIpc) is 2.70. The Labute approximate surface area is 159 Å². The van der Waals surface area contributed by atoms with Gasteiger partial charge in [-0.2, -0.15) is 0 Å². The molecule has 0 aromatic heterocycles. The van der Waals surface area contributed by atoms with Crippen molar-refractivity contribution >= 4 is 0 Å². The van der Waals surface area contributed by atoms with E-state index in [0.29, 0.717) is 6.61 Å². The van der Waals surface area contributed by atoms with Crippen LogP contribution < -0.4 is 9.47 Å². The van der Waals surface area contributed by atoms with Crippen molar-refractivity contribution in [3.05, 3.63) is 94.0 Å². The van der Waals surface area contributed by atoms with Crippen molar-refractivity contribution < 1.29 is 9.47 Å². The number of ether oxygens (including phenoxy) is 2. The number of rotatable bonds is 1. The molecule has 0 radical (unpaired) electrons. The minimum absolute atomic E-state index is 0.0846. The first kappa shape index (κ1) is 15.3. The summed E-state index contributed by atoms with van der Waals surface area (Å²) in [5.41, 5.74) is 8.00. The first-order valence-electron chi connectivity index (χ1n) is 9.64. The maximum absolute atomic E-state index is 6.31. The summed E-state index contributed by atoms with van der Waals surface area (Å²) < 4.78 is 12.2. The minimum atomic E-state index is -0.216. The van der Waals surface area contributed by atoms with Crippen molar-refractivity contribution in [2.75, 3.05) is 13.7 Å². The monoisotopic (exact) mass is 354 g/mol. The molecule has 2 nitrogen and oxygen atoms in total. The third kappa shape index (κ3) is 1.52. The van der Waals surface area contributed by atoms with E-state index in [-0.39, 0.29) is 16.7 Å². The summed E-state index contributed by atoms with van der Waals surface area (Å²) in [6, 6.07) is 22.1. The number of hydrogen-bond donors (Lipinski definition) is 0. The lowest BCUT2D eigenvalue weighted by molar-refractivity contribution is 0.0891. The fraction of sp³-hybridized carbons (Fsp3) is 0.280. The van der Waals surface area contributed by atoms with Crippen LogP contribution in [-0.2, 0) is 5.41 Å². The Kier molecular flexibility index (Phi) is 2.70. The molecule has 0 fully saturated rings. The van der Waals surface area contributed by atoms with Crippen LogP contribution in [0.1, 0.15) is 53.1 Å². The van der Waals surface area contributed by atoms with Gasteiger partial charge in [-0.05, 0) is 34.4 Å². The Morgan fingerprint density at radius 2 is 1.52 bits per heavy atom. The second-order valence-electron chi connectivity index (χ2n) is 8.58. The highest BCUT2D eigenvalue weighted by Gasteiger charge is 2.62. The van der Waals surface area contributed by atoms with Crippen LogP contribution in [0.15, 0.2) is 60.7 Å². The van der Waals surface area contributed by atoms with Crippen molar-refractivity contribution in [1.29, 1.82) is 0 Å². The molecule has 1 heterocycles. The molecular weight excluding hydrogens is 332 g/mol. The maximum atomic E-state index is 6.31. The van der Waals surface area contributed by atoms with Crippen molar-refractivity contribution in [2.45, 2.75) is 25.2 Å². The number of methoxy groups -OCH3 is 1. The standard InChI is InChI=1S/C25H22O2/c1-24(2)14-27-20-13-12-19(26-3)22-21-15-8-4-6-10-17(15)25(24,23(20)22)18-11-7-5-9-16(18)21/h4-13,21H,14H2,1-3H3. The van der Waals surface area contributed by atoms with E-state index < -0.39 is 0 Å². The lowest BCUT2D eigenvalue weighted by atomic mass is 9.44. The van der Waals surface area contributed by atoms with Crippen LogP contribution in [0.4, 0.5) is 0 Å². The van der Waals surface area contributed by atoms with Crippen LogP contribution in [0.25, 0.3) is 0 Å². The second-order valence-corrected chi connectivity index (χ2v) is 8.58. The minimum Gasteiger partial charge on any atom is -0.496 e. The summed E-state index contributed by atoms with van der Waals surface area (Å²) in [4.78, 5) is 0. The first-order valence-corrected chi connectivity index (χ1v) is 9.64. The van der Waals surface area contributed by atoms with Gasteiger partial charge >= 0.3 is 0 Å². The van der Waals surface area contributed by atoms with Gasteiger partial charge in [-0.15, -0.1) is 0 Å². The fourth-order valence-electron chi connectivity index (χ4n) is 6.06. The van der Waals surface area contributed by atoms with Crippen molar-refractivity contribution in [3.8, 4) is 11.5 Å². The lowest BCUT2D eigenvalue weighted by Gasteiger charge is -2.59. The molecule has 3 aromatic rings. The van der Waals surface area contributed by atoms with E-state index in [4.69, 9.17) is 9.47 Å². The Balaban J connectivity index is 1.90. The highest BCUT2D eigenvalue weighted by Crippen LogP contribution is 2.69. The van der Waals surface area contributed by atoms with Gasteiger partial charge in [-0.25, -0.2) is 0 Å². The SMILES string of the molecule is COc1ccc2c3c1C1c4ccccc4C3(c3ccccc31)C(C)(C)CO2. The third-order valence-electron chi connectivity index (χ3n) is 7.01. The summed E-state index contributed by atoms with van der Waals surface area (Å²) in [6.45, 7) is 5.38. The molecule has 1 spiro atoms. The molecule has 134 valence electrons. The van der Waals surface area contributed by atoms with E-state index in [1.165, 1.54) is 33.4 Å². The van der Waals surface area contributed by atoms with Crippen LogP contribution in [0.5, 0.6) is 11.5 Å². The Bertz CT molecular complexity index is 1060. The van der Waals surface area contributed by atoms with E-state index in [2.05, 4.69) is 74.5 Å². The summed E-state index contributed by atoms with van der Waals surface area (Å²) >= 11 is 0. The average molecular weight is 354 g/mol. The van der Waals surface area contributed by atoms with E-state index in [0.717, 1.165) is 11.5 Å². The second kappa shape index (κ2) is 4.75. The lowest BCUT2D eigenvalue weighted by Crippen LogP contribution is -2.56. The molecule has 0 amide bonds. The molecule has 0 atom stereocenters. The molecule has 4 aliphatic rings. The van der Waals surface area contributed by atoms with Gasteiger partial charge in [-0.3, -0.25) is 0 Å². The molecule has 0 unspecified atom stereocenters. The largest absolute Gasteiger partial charge is 0.496 e. The molecule has 0 saturated carbocycles. The molecule has 0 N–H and O–H groups in total. The zero-order chi connectivity index (χ0) is 18.4. The molecule has 0 saturated heterocycles. The molecular formula is C25H22O2. The van der Waals surface area contributed by atoms with Gasteiger partial charge in [0.25, 0.3) is 0 Å². The molecule has 1 aliphatic heterocycles. The summed E-state index contributed by atoms with van der Waals surface area (Å²) in [5, 5.41) is 0. The van der Waals surface area contributed by atoms with Crippen molar-refractivity contribution in [1.82, 2.24) is 0 Å². The quantitative estimate of drug-likeness (QED) is 0.594. The zero-order valence-corrected chi connectivity index (χ0v) is 15.9. The molecule has 7 rings (SSSR count). The van der Waals surface area contributed by atoms with Gasteiger partial charge in [0.15, 0.2) is 0 Å². The summed E-state index contributed by atoms with van der Waals surface area (Å²) in [6.07, 6.45) is 0. The van der Waals surface area contributed by atoms with Gasteiger partial charge in [0.05, 0.1) is 19.1 Å². The molecule has 2 heteroatoms. The Hall–Kier alpha value is -2.74. The van der Waals surface area contributed by atoms with Gasteiger partial charge < -0.3 is 9.47 Å². The molecule has 27 heavy (non-hydrogen) atoms. The maximum Gasteiger partial charge on any atom is 0.124 e. The van der Waals surface area contributed by atoms with E-state index in [9.17, 15) is 0 Å². The molecule has 3 aromatic carbocycles. The highest BCUT2D eigenvalue weighted by atomic mass is 16.5. The zero-order valence-electron chi connectivity index (χ0n) is 15.9. The summed E-state index contributed by atoms with van der Waals surface area (Å²) in [5.74, 6) is 2.18. The van der Waals surface area contributed by atoms with Gasteiger partial charge in [0, 0.05) is 22.5 Å². The van der Waals surface area contributed by atoms with E-state index >= 15 is 0 Å². The fourth-order valence-corrected chi connectivity index (χ4v) is 6.06. The topological polar surface area (TPSA) is 18.5 Å². The Morgan fingerprint density at radius 3 is 2.15 bits per heavy atom. The highest BCUT2D eigenvalue weighted by molar-refractivity contribution is 5.78. The third-order valence-corrected chi connectivity index (χ3v) is 7.01. The summed E-state index contributed by atoms with van der Waals surface area (Å²) in [7, 11) is 1.78. The Morgan fingerprint density at radius 1 is 0.889 bits per heavy atom. The normalized spacial score (nSPS) is 25.1. The van der Waals surface area contributed by atoms with Gasteiger partial charge in [0.1, 0.15) is 11.5 Å². The van der Waals surface area contributed by atoms with Crippen molar-refractivity contribution in [2.24, 2.45) is 5.41 Å². The predicted octanol–water partition coefficient (Wildman–Crippen LogP) is 5.26. The van der Waals surface area contributed by atoms with Crippen LogP contribution in [0.2, 0.25) is 0 Å². The smallest absolute Gasteiger partial charge is 0.124 e. The van der Waals surface area contributed by atoms with Crippen LogP contribution in [0, 0.1) is 5.41 Å². The van der Waals surface area contributed by atoms with E-state index in [1.807, 2.05) is 0 Å². The molecule has 3 aliphatic carbocycles. The van der Waals surface area contributed by atoms with Crippen molar-refractivity contribution in [3.63, 3.8) is 0 Å². The van der Waals surface area contributed by atoms with Gasteiger partial charge in [0.2, 0.25) is 0 Å². The van der Waals surface area contributed by atoms with E-state index in [1.54, 1.807) is 7.11 Å². The van der Waals surface area contributed by atoms with Crippen LogP contribution in [0.3, 0.4) is 0 Å². The molecule has 2 bridgehead atoms. The van der Waals surface area contributed by atoms with Crippen LogP contribution in [-0.4, -0.2) is 13.7 Å². The number of benzene rings is 3. The number of hydrogen-bond acceptors (Lipinski definition) is 2. The van der Waals surface area contributed by atoms with Gasteiger partial charge in [-0.1, -0.05) is 62.4 Å². The predicted molar refractivity (Wildman–Crippen MR) is 106 cm³/mol. The van der Waals surface area contributed by atoms with Crippen LogP contribution >= 0.6 is 0 Å². The first-order chi connectivity index (χ1) is 13.1.